The second-order valence-electron chi connectivity index (χ2n) is 4.81. The molecule has 8 heteroatoms. The van der Waals surface area contributed by atoms with E-state index in [0.717, 1.165) is 0 Å². The molecule has 1 N–H and O–H groups in total. The molecule has 0 aliphatic rings. The lowest BCUT2D eigenvalue weighted by Crippen LogP contribution is -2.35. The zero-order chi connectivity index (χ0) is 17.2. The normalized spacial score (nSPS) is 12.2. The first kappa shape index (κ1) is 17.3. The summed E-state index contributed by atoms with van der Waals surface area (Å²) in [6, 6.07) is 8.42. The standard InChI is InChI=1S/C15H15F2NO4S/c1-2-18(9-14(16)17)23(21,22)13-8-4-5-10-11(13)6-3-7-12(10)15(19)20/h3-8,14H,2,9H2,1H3,(H,19,20). The van der Waals surface area contributed by atoms with Crippen LogP contribution in [0.4, 0.5) is 8.78 Å². The average molecular weight is 343 g/mol. The minimum atomic E-state index is -4.15. The van der Waals surface area contributed by atoms with Crippen molar-refractivity contribution in [1.29, 1.82) is 0 Å². The molecule has 23 heavy (non-hydrogen) atoms. The Hall–Kier alpha value is -2.06. The van der Waals surface area contributed by atoms with Crippen LogP contribution in [0.15, 0.2) is 41.3 Å². The summed E-state index contributed by atoms with van der Waals surface area (Å²) in [7, 11) is -4.15. The van der Waals surface area contributed by atoms with Crippen LogP contribution in [0.1, 0.15) is 17.3 Å². The van der Waals surface area contributed by atoms with Crippen molar-refractivity contribution in [2.45, 2.75) is 18.2 Å². The molecule has 2 aromatic rings. The van der Waals surface area contributed by atoms with Crippen LogP contribution in [-0.4, -0.2) is 43.3 Å². The molecule has 0 aliphatic carbocycles. The molecule has 0 radical (unpaired) electrons. The predicted octanol–water partition coefficient (Wildman–Crippen LogP) is 2.81. The van der Waals surface area contributed by atoms with E-state index in [-0.39, 0.29) is 27.8 Å². The molecule has 0 atom stereocenters. The van der Waals surface area contributed by atoms with Crippen LogP contribution in [0.25, 0.3) is 10.8 Å². The van der Waals surface area contributed by atoms with E-state index in [9.17, 15) is 27.1 Å². The molecule has 0 amide bonds. The Morgan fingerprint density at radius 3 is 2.35 bits per heavy atom. The average Bonchev–Trinajstić information content (AvgIpc) is 2.50. The summed E-state index contributed by atoms with van der Waals surface area (Å²) >= 11 is 0. The van der Waals surface area contributed by atoms with Crippen molar-refractivity contribution >= 4 is 26.8 Å². The van der Waals surface area contributed by atoms with Crippen molar-refractivity contribution in [1.82, 2.24) is 4.31 Å². The molecule has 0 aromatic heterocycles. The first-order valence-corrected chi connectivity index (χ1v) is 8.26. The third-order valence-corrected chi connectivity index (χ3v) is 5.42. The maximum Gasteiger partial charge on any atom is 0.336 e. The summed E-state index contributed by atoms with van der Waals surface area (Å²) in [6.07, 6.45) is -2.80. The van der Waals surface area contributed by atoms with Crippen LogP contribution >= 0.6 is 0 Å². The molecule has 0 aliphatic heterocycles. The van der Waals surface area contributed by atoms with Crippen LogP contribution in [0.2, 0.25) is 0 Å². The van der Waals surface area contributed by atoms with Crippen LogP contribution in [0.3, 0.4) is 0 Å². The molecule has 2 rings (SSSR count). The van der Waals surface area contributed by atoms with Crippen molar-refractivity contribution in [3.8, 4) is 0 Å². The summed E-state index contributed by atoms with van der Waals surface area (Å²) in [5.74, 6) is -1.19. The molecule has 0 spiro atoms. The molecule has 5 nitrogen and oxygen atoms in total. The third-order valence-electron chi connectivity index (χ3n) is 3.42. The minimum absolute atomic E-state index is 0.0449. The van der Waals surface area contributed by atoms with Crippen LogP contribution < -0.4 is 0 Å². The van der Waals surface area contributed by atoms with Gasteiger partial charge in [-0.25, -0.2) is 22.0 Å². The van der Waals surface area contributed by atoms with E-state index in [1.807, 2.05) is 0 Å². The van der Waals surface area contributed by atoms with Crippen LogP contribution in [0, 0.1) is 0 Å². The zero-order valence-corrected chi connectivity index (χ0v) is 13.1. The number of carboxylic acids is 1. The SMILES string of the molecule is CCN(CC(F)F)S(=O)(=O)c1cccc2c(C(=O)O)cccc12. The van der Waals surface area contributed by atoms with Gasteiger partial charge >= 0.3 is 5.97 Å². The van der Waals surface area contributed by atoms with E-state index in [0.29, 0.717) is 4.31 Å². The summed E-state index contributed by atoms with van der Waals surface area (Å²) < 4.78 is 51.2. The number of hydrogen-bond acceptors (Lipinski definition) is 3. The Labute approximate surface area is 132 Å². The van der Waals surface area contributed by atoms with Crippen molar-refractivity contribution in [2.75, 3.05) is 13.1 Å². The topological polar surface area (TPSA) is 74.7 Å². The van der Waals surface area contributed by atoms with Crippen molar-refractivity contribution in [3.05, 3.63) is 42.0 Å². The summed E-state index contributed by atoms with van der Waals surface area (Å²) in [5.41, 5.74) is -0.0449. The van der Waals surface area contributed by atoms with Gasteiger partial charge in [-0.2, -0.15) is 4.31 Å². The Bertz CT molecular complexity index is 836. The fraction of sp³-hybridized carbons (Fsp3) is 0.267. The molecule has 0 saturated carbocycles. The van der Waals surface area contributed by atoms with Crippen molar-refractivity contribution in [3.63, 3.8) is 0 Å². The predicted molar refractivity (Wildman–Crippen MR) is 81.3 cm³/mol. The maximum absolute atomic E-state index is 12.6. The monoisotopic (exact) mass is 343 g/mol. The van der Waals surface area contributed by atoms with Crippen molar-refractivity contribution < 1.29 is 27.1 Å². The number of alkyl halides is 2. The third kappa shape index (κ3) is 3.32. The molecular weight excluding hydrogens is 328 g/mol. The lowest BCUT2D eigenvalue weighted by atomic mass is 10.0. The first-order chi connectivity index (χ1) is 10.8. The van der Waals surface area contributed by atoms with Gasteiger partial charge in [-0.15, -0.1) is 0 Å². The smallest absolute Gasteiger partial charge is 0.336 e. The lowest BCUT2D eigenvalue weighted by Gasteiger charge is -2.21. The molecule has 0 fully saturated rings. The number of halogens is 2. The van der Waals surface area contributed by atoms with Gasteiger partial charge in [0.05, 0.1) is 17.0 Å². The Morgan fingerprint density at radius 1 is 1.17 bits per heavy atom. The van der Waals surface area contributed by atoms with Gasteiger partial charge in [-0.05, 0) is 17.5 Å². The highest BCUT2D eigenvalue weighted by atomic mass is 32.2. The molecule has 0 saturated heterocycles. The Balaban J connectivity index is 2.68. The van der Waals surface area contributed by atoms with E-state index in [1.165, 1.54) is 43.3 Å². The van der Waals surface area contributed by atoms with Crippen molar-refractivity contribution in [2.24, 2.45) is 0 Å². The van der Waals surface area contributed by atoms with Crippen LogP contribution in [-0.2, 0) is 10.0 Å². The number of nitrogens with zero attached hydrogens (tertiary/aromatic N) is 1. The summed E-state index contributed by atoms with van der Waals surface area (Å²) in [5, 5.41) is 9.63. The van der Waals surface area contributed by atoms with Gasteiger partial charge < -0.3 is 5.11 Å². The highest BCUT2D eigenvalue weighted by Gasteiger charge is 2.28. The van der Waals surface area contributed by atoms with Gasteiger partial charge in [0.25, 0.3) is 6.43 Å². The van der Waals surface area contributed by atoms with Gasteiger partial charge in [-0.1, -0.05) is 31.2 Å². The largest absolute Gasteiger partial charge is 0.478 e. The molecule has 0 bridgehead atoms. The van der Waals surface area contributed by atoms with Gasteiger partial charge in [-0.3, -0.25) is 0 Å². The van der Waals surface area contributed by atoms with Gasteiger partial charge in [0.15, 0.2) is 0 Å². The van der Waals surface area contributed by atoms with Gasteiger partial charge in [0.2, 0.25) is 10.0 Å². The second kappa shape index (κ2) is 6.59. The molecule has 0 heterocycles. The van der Waals surface area contributed by atoms with E-state index >= 15 is 0 Å². The molecule has 124 valence electrons. The lowest BCUT2D eigenvalue weighted by molar-refractivity contribution is 0.0699. The number of benzene rings is 2. The highest BCUT2D eigenvalue weighted by Crippen LogP contribution is 2.28. The second-order valence-corrected chi connectivity index (χ2v) is 6.72. The van der Waals surface area contributed by atoms with Crippen LogP contribution in [0.5, 0.6) is 0 Å². The summed E-state index contributed by atoms with van der Waals surface area (Å²) in [6.45, 7) is 0.448. The number of aromatic carboxylic acids is 1. The fourth-order valence-corrected chi connectivity index (χ4v) is 4.02. The molecule has 0 unspecified atom stereocenters. The fourth-order valence-electron chi connectivity index (χ4n) is 2.38. The number of hydrogen-bond donors (Lipinski definition) is 1. The van der Waals surface area contributed by atoms with E-state index in [1.54, 1.807) is 0 Å². The molecule has 2 aromatic carbocycles. The number of sulfonamides is 1. The first-order valence-electron chi connectivity index (χ1n) is 6.82. The highest BCUT2D eigenvalue weighted by molar-refractivity contribution is 7.89. The zero-order valence-electron chi connectivity index (χ0n) is 12.2. The summed E-state index contributed by atoms with van der Waals surface area (Å²) in [4.78, 5) is 11.1. The van der Waals surface area contributed by atoms with Gasteiger partial charge in [0, 0.05) is 11.9 Å². The quantitative estimate of drug-likeness (QED) is 0.875. The van der Waals surface area contributed by atoms with E-state index < -0.39 is 29.0 Å². The van der Waals surface area contributed by atoms with Gasteiger partial charge in [0.1, 0.15) is 0 Å². The Morgan fingerprint density at radius 2 is 1.78 bits per heavy atom. The number of carbonyl (C=O) groups is 1. The molecular formula is C15H15F2NO4S. The number of fused-ring (bicyclic) bond motifs is 1. The number of carboxylic acid groups (broad SMARTS) is 1. The van der Waals surface area contributed by atoms with E-state index in [2.05, 4.69) is 0 Å². The number of rotatable bonds is 6. The minimum Gasteiger partial charge on any atom is -0.478 e. The Kier molecular flexibility index (Phi) is 4.96. The van der Waals surface area contributed by atoms with E-state index in [4.69, 9.17) is 0 Å². The maximum atomic E-state index is 12.6.